The summed E-state index contributed by atoms with van der Waals surface area (Å²) in [5.74, 6) is 0. The fourth-order valence-corrected chi connectivity index (χ4v) is 6.98. The minimum absolute atomic E-state index is 0.419. The zero-order valence-electron chi connectivity index (χ0n) is 14.6. The van der Waals surface area contributed by atoms with Crippen LogP contribution in [0.2, 0.25) is 0 Å². The van der Waals surface area contributed by atoms with Crippen molar-refractivity contribution in [3.8, 4) is 0 Å². The van der Waals surface area contributed by atoms with Gasteiger partial charge in [0.05, 0.1) is 27.7 Å². The Bertz CT molecular complexity index is 371. The number of halogens is 1. The zero-order chi connectivity index (χ0) is 15.7. The molecular formula is C18H34ClN2S+. The lowest BCUT2D eigenvalue weighted by Crippen LogP contribution is -2.60. The lowest BCUT2D eigenvalue weighted by molar-refractivity contribution is -0.870. The second kappa shape index (κ2) is 7.21. The highest BCUT2D eigenvalue weighted by atomic mass is 35.5. The van der Waals surface area contributed by atoms with Crippen molar-refractivity contribution >= 4 is 23.4 Å². The predicted octanol–water partition coefficient (Wildman–Crippen LogP) is 3.97. The van der Waals surface area contributed by atoms with Crippen LogP contribution in [0.25, 0.3) is 0 Å². The first kappa shape index (κ1) is 17.4. The van der Waals surface area contributed by atoms with E-state index < -0.39 is 0 Å². The van der Waals surface area contributed by atoms with Crippen molar-refractivity contribution in [1.29, 1.82) is 0 Å². The van der Waals surface area contributed by atoms with Gasteiger partial charge in [0, 0.05) is 40.9 Å². The van der Waals surface area contributed by atoms with E-state index in [0.29, 0.717) is 5.38 Å². The summed E-state index contributed by atoms with van der Waals surface area (Å²) in [6.07, 6.45) is 10.9. The molecule has 2 nitrogen and oxygen atoms in total. The van der Waals surface area contributed by atoms with Crippen LogP contribution < -0.4 is 0 Å². The molecule has 0 radical (unpaired) electrons. The van der Waals surface area contributed by atoms with E-state index in [1.54, 1.807) is 0 Å². The van der Waals surface area contributed by atoms with E-state index in [4.69, 9.17) is 11.6 Å². The SMILES string of the molecule is C[N+](C)(C)CCCN1C2CCCCC2SC2CCC(Cl)CC21. The van der Waals surface area contributed by atoms with Gasteiger partial charge < -0.3 is 4.48 Å². The van der Waals surface area contributed by atoms with Gasteiger partial charge in [-0.15, -0.1) is 11.6 Å². The van der Waals surface area contributed by atoms with Crippen molar-refractivity contribution in [2.45, 2.75) is 79.3 Å². The van der Waals surface area contributed by atoms with E-state index >= 15 is 0 Å². The maximum atomic E-state index is 6.54. The van der Waals surface area contributed by atoms with Crippen LogP contribution in [0, 0.1) is 0 Å². The van der Waals surface area contributed by atoms with E-state index in [2.05, 4.69) is 37.8 Å². The molecule has 1 aliphatic heterocycles. The highest BCUT2D eigenvalue weighted by Crippen LogP contribution is 2.47. The van der Waals surface area contributed by atoms with Gasteiger partial charge in [-0.2, -0.15) is 11.8 Å². The van der Waals surface area contributed by atoms with Gasteiger partial charge in [-0.05, 0) is 32.1 Å². The Morgan fingerprint density at radius 1 is 1.00 bits per heavy atom. The second-order valence-corrected chi connectivity index (χ2v) is 10.7. The van der Waals surface area contributed by atoms with E-state index in [1.807, 2.05) is 0 Å². The molecule has 4 heteroatoms. The third-order valence-corrected chi connectivity index (χ3v) is 8.00. The molecule has 128 valence electrons. The maximum absolute atomic E-state index is 6.54. The average molecular weight is 346 g/mol. The highest BCUT2D eigenvalue weighted by molar-refractivity contribution is 8.00. The molecule has 0 bridgehead atoms. The summed E-state index contributed by atoms with van der Waals surface area (Å²) in [7, 11) is 6.94. The first-order chi connectivity index (χ1) is 10.4. The molecule has 0 spiro atoms. The molecule has 0 N–H and O–H groups in total. The molecule has 0 aromatic rings. The van der Waals surface area contributed by atoms with Gasteiger partial charge in [-0.3, -0.25) is 4.90 Å². The summed E-state index contributed by atoms with van der Waals surface area (Å²) in [5, 5.41) is 2.19. The normalized spacial score (nSPS) is 40.1. The van der Waals surface area contributed by atoms with E-state index in [0.717, 1.165) is 27.1 Å². The van der Waals surface area contributed by atoms with Crippen LogP contribution in [0.4, 0.5) is 0 Å². The van der Waals surface area contributed by atoms with Crippen molar-refractivity contribution in [1.82, 2.24) is 4.90 Å². The van der Waals surface area contributed by atoms with Gasteiger partial charge in [-0.25, -0.2) is 0 Å². The first-order valence-electron chi connectivity index (χ1n) is 9.30. The lowest BCUT2D eigenvalue weighted by Gasteiger charge is -2.54. The number of alkyl halides is 1. The predicted molar refractivity (Wildman–Crippen MR) is 98.9 cm³/mol. The molecule has 1 saturated heterocycles. The highest BCUT2D eigenvalue weighted by Gasteiger charge is 2.45. The number of hydrogen-bond acceptors (Lipinski definition) is 2. The largest absolute Gasteiger partial charge is 0.331 e. The summed E-state index contributed by atoms with van der Waals surface area (Å²) in [6.45, 7) is 2.57. The van der Waals surface area contributed by atoms with Crippen molar-refractivity contribution in [3.63, 3.8) is 0 Å². The monoisotopic (exact) mass is 345 g/mol. The molecule has 0 aromatic heterocycles. The zero-order valence-corrected chi connectivity index (χ0v) is 16.2. The molecule has 0 amide bonds. The second-order valence-electron chi connectivity index (χ2n) is 8.65. The van der Waals surface area contributed by atoms with Crippen LogP contribution >= 0.6 is 23.4 Å². The van der Waals surface area contributed by atoms with Crippen LogP contribution in [0.1, 0.15) is 51.4 Å². The molecule has 22 heavy (non-hydrogen) atoms. The minimum atomic E-state index is 0.419. The van der Waals surface area contributed by atoms with Gasteiger partial charge in [0.15, 0.2) is 0 Å². The Kier molecular flexibility index (Phi) is 5.70. The van der Waals surface area contributed by atoms with Gasteiger partial charge in [0.25, 0.3) is 0 Å². The Balaban J connectivity index is 1.68. The average Bonchev–Trinajstić information content (AvgIpc) is 2.46. The molecule has 2 saturated carbocycles. The summed E-state index contributed by atoms with van der Waals surface area (Å²) in [5.41, 5.74) is 0. The van der Waals surface area contributed by atoms with Crippen LogP contribution in [0.3, 0.4) is 0 Å². The van der Waals surface area contributed by atoms with Gasteiger partial charge in [0.1, 0.15) is 0 Å². The minimum Gasteiger partial charge on any atom is -0.331 e. The van der Waals surface area contributed by atoms with E-state index in [1.165, 1.54) is 64.5 Å². The van der Waals surface area contributed by atoms with E-state index in [-0.39, 0.29) is 0 Å². The summed E-state index contributed by atoms with van der Waals surface area (Å²) >= 11 is 8.88. The molecule has 5 atom stereocenters. The summed E-state index contributed by atoms with van der Waals surface area (Å²) in [6, 6.07) is 1.60. The molecule has 0 aromatic carbocycles. The van der Waals surface area contributed by atoms with Crippen molar-refractivity contribution in [2.75, 3.05) is 34.2 Å². The molecule has 5 unspecified atom stereocenters. The lowest BCUT2D eigenvalue weighted by atomic mass is 9.87. The molecule has 1 heterocycles. The number of quaternary nitrogens is 1. The van der Waals surface area contributed by atoms with Crippen LogP contribution in [-0.4, -0.2) is 71.6 Å². The van der Waals surface area contributed by atoms with Crippen LogP contribution in [-0.2, 0) is 0 Å². The first-order valence-corrected chi connectivity index (χ1v) is 10.7. The Morgan fingerprint density at radius 3 is 2.50 bits per heavy atom. The third-order valence-electron chi connectivity index (χ3n) is 5.81. The van der Waals surface area contributed by atoms with Crippen LogP contribution in [0.5, 0.6) is 0 Å². The molecule has 3 fully saturated rings. The molecular weight excluding hydrogens is 312 g/mol. The van der Waals surface area contributed by atoms with Gasteiger partial charge in [-0.1, -0.05) is 12.8 Å². The Morgan fingerprint density at radius 2 is 1.73 bits per heavy atom. The van der Waals surface area contributed by atoms with E-state index in [9.17, 15) is 0 Å². The summed E-state index contributed by atoms with van der Waals surface area (Å²) < 4.78 is 1.09. The summed E-state index contributed by atoms with van der Waals surface area (Å²) in [4.78, 5) is 2.93. The Hall–Kier alpha value is 0.560. The van der Waals surface area contributed by atoms with Crippen molar-refractivity contribution in [2.24, 2.45) is 0 Å². The van der Waals surface area contributed by atoms with Crippen molar-refractivity contribution < 1.29 is 4.48 Å². The molecule has 3 aliphatic rings. The number of nitrogens with zero attached hydrogens (tertiary/aromatic N) is 2. The smallest absolute Gasteiger partial charge is 0.0792 e. The van der Waals surface area contributed by atoms with Gasteiger partial charge >= 0.3 is 0 Å². The fraction of sp³-hybridized carbons (Fsp3) is 1.00. The number of rotatable bonds is 4. The van der Waals surface area contributed by atoms with Gasteiger partial charge in [0.2, 0.25) is 0 Å². The van der Waals surface area contributed by atoms with Crippen LogP contribution in [0.15, 0.2) is 0 Å². The third kappa shape index (κ3) is 4.15. The standard InChI is InChI=1S/C18H34ClN2S/c1-21(2,3)12-6-11-20-15-7-4-5-8-17(15)22-18-10-9-14(19)13-16(18)20/h14-18H,4-13H2,1-3H3/q+1. The fourth-order valence-electron chi connectivity index (χ4n) is 4.72. The molecule has 3 rings (SSSR count). The Labute approximate surface area is 146 Å². The number of fused-ring (bicyclic) bond motifs is 2. The number of hydrogen-bond donors (Lipinski definition) is 0. The number of thioether (sulfide) groups is 1. The maximum Gasteiger partial charge on any atom is 0.0792 e. The quantitative estimate of drug-likeness (QED) is 0.560. The topological polar surface area (TPSA) is 3.24 Å². The molecule has 2 aliphatic carbocycles. The van der Waals surface area contributed by atoms with Crippen molar-refractivity contribution in [3.05, 3.63) is 0 Å².